The van der Waals surface area contributed by atoms with Crippen molar-refractivity contribution in [3.63, 3.8) is 0 Å². The van der Waals surface area contributed by atoms with Gasteiger partial charge in [0.2, 0.25) is 12.7 Å². The van der Waals surface area contributed by atoms with Crippen molar-refractivity contribution >= 4 is 12.0 Å². The summed E-state index contributed by atoms with van der Waals surface area (Å²) in [6.07, 6.45) is 3.31. The minimum atomic E-state index is -0.0777. The average Bonchev–Trinajstić information content (AvgIpc) is 3.09. The van der Waals surface area contributed by atoms with Gasteiger partial charge >= 0.3 is 0 Å². The van der Waals surface area contributed by atoms with Crippen molar-refractivity contribution < 1.29 is 19.0 Å². The maximum Gasteiger partial charge on any atom is 0.246 e. The zero-order valence-corrected chi connectivity index (χ0v) is 14.4. The number of amides is 1. The van der Waals surface area contributed by atoms with E-state index >= 15 is 0 Å². The van der Waals surface area contributed by atoms with Crippen LogP contribution in [-0.2, 0) is 4.79 Å². The number of aryl methyl sites for hydroxylation is 1. The number of fused-ring (bicyclic) bond motifs is 1. The average molecular weight is 339 g/mol. The van der Waals surface area contributed by atoms with Crippen LogP contribution in [0.5, 0.6) is 17.2 Å². The molecule has 130 valence electrons. The van der Waals surface area contributed by atoms with Gasteiger partial charge in [-0.25, -0.2) is 0 Å². The topological polar surface area (TPSA) is 48.0 Å². The molecule has 0 aliphatic carbocycles. The monoisotopic (exact) mass is 339 g/mol. The van der Waals surface area contributed by atoms with Gasteiger partial charge in [-0.1, -0.05) is 24.3 Å². The summed E-state index contributed by atoms with van der Waals surface area (Å²) in [4.78, 5) is 13.8. The Morgan fingerprint density at radius 3 is 2.84 bits per heavy atom. The molecule has 1 aliphatic heterocycles. The van der Waals surface area contributed by atoms with Crippen LogP contribution < -0.4 is 14.2 Å². The smallest absolute Gasteiger partial charge is 0.246 e. The quantitative estimate of drug-likeness (QED) is 0.758. The minimum Gasteiger partial charge on any atom is -0.491 e. The molecule has 5 nitrogen and oxygen atoms in total. The molecule has 0 spiro atoms. The molecule has 1 amide bonds. The van der Waals surface area contributed by atoms with E-state index < -0.39 is 0 Å². The van der Waals surface area contributed by atoms with Gasteiger partial charge in [-0.3, -0.25) is 4.79 Å². The number of rotatable bonds is 6. The fraction of sp³-hybridized carbons (Fsp3) is 0.250. The highest BCUT2D eigenvalue weighted by molar-refractivity contribution is 5.91. The Bertz CT molecular complexity index is 785. The molecule has 0 saturated heterocycles. The van der Waals surface area contributed by atoms with Crippen LogP contribution in [0.1, 0.15) is 11.1 Å². The summed E-state index contributed by atoms with van der Waals surface area (Å²) in [5, 5.41) is 0. The van der Waals surface area contributed by atoms with E-state index in [9.17, 15) is 4.79 Å². The van der Waals surface area contributed by atoms with Gasteiger partial charge in [-0.2, -0.15) is 0 Å². The Labute approximate surface area is 147 Å². The molecular formula is C20H21NO4. The second-order valence-electron chi connectivity index (χ2n) is 5.82. The fourth-order valence-electron chi connectivity index (χ4n) is 2.43. The van der Waals surface area contributed by atoms with E-state index in [4.69, 9.17) is 14.2 Å². The van der Waals surface area contributed by atoms with Gasteiger partial charge in [0.15, 0.2) is 11.5 Å². The van der Waals surface area contributed by atoms with E-state index in [2.05, 4.69) is 0 Å². The maximum atomic E-state index is 12.2. The number of carbonyl (C=O) groups excluding carboxylic acids is 1. The standard InChI is InChI=1S/C20H21NO4/c1-15-5-3-4-6-17(15)23-12-11-21(2)20(22)10-8-16-7-9-18-19(13-16)25-14-24-18/h3-10,13H,11-12,14H2,1-2H3/b10-8+. The summed E-state index contributed by atoms with van der Waals surface area (Å²) in [5.41, 5.74) is 1.97. The van der Waals surface area contributed by atoms with Crippen molar-refractivity contribution in [3.05, 3.63) is 59.7 Å². The van der Waals surface area contributed by atoms with Gasteiger partial charge in [0.25, 0.3) is 0 Å². The molecule has 25 heavy (non-hydrogen) atoms. The number of hydrogen-bond donors (Lipinski definition) is 0. The first-order valence-corrected chi connectivity index (χ1v) is 8.15. The van der Waals surface area contributed by atoms with Gasteiger partial charge in [-0.05, 0) is 42.3 Å². The molecule has 0 N–H and O–H groups in total. The molecule has 1 heterocycles. The molecule has 0 atom stereocenters. The van der Waals surface area contributed by atoms with E-state index in [1.165, 1.54) is 0 Å². The van der Waals surface area contributed by atoms with Crippen molar-refractivity contribution in [2.45, 2.75) is 6.92 Å². The Kier molecular flexibility index (Phi) is 5.23. The fourth-order valence-corrected chi connectivity index (χ4v) is 2.43. The minimum absolute atomic E-state index is 0.0777. The number of carbonyl (C=O) groups is 1. The van der Waals surface area contributed by atoms with Crippen LogP contribution in [-0.4, -0.2) is 37.8 Å². The molecule has 0 unspecified atom stereocenters. The number of ether oxygens (including phenoxy) is 3. The summed E-state index contributed by atoms with van der Waals surface area (Å²) >= 11 is 0. The molecule has 0 radical (unpaired) electrons. The second-order valence-corrected chi connectivity index (χ2v) is 5.82. The van der Waals surface area contributed by atoms with Gasteiger partial charge < -0.3 is 19.1 Å². The molecule has 2 aromatic rings. The number of nitrogens with zero attached hydrogens (tertiary/aromatic N) is 1. The van der Waals surface area contributed by atoms with Crippen LogP contribution in [0.3, 0.4) is 0 Å². The van der Waals surface area contributed by atoms with Crippen LogP contribution in [0.25, 0.3) is 6.08 Å². The van der Waals surface area contributed by atoms with E-state index in [1.54, 1.807) is 24.1 Å². The SMILES string of the molecule is Cc1ccccc1OCCN(C)C(=O)/C=C/c1ccc2c(c1)OCO2. The van der Waals surface area contributed by atoms with Crippen molar-refractivity contribution in [1.82, 2.24) is 4.90 Å². The van der Waals surface area contributed by atoms with Crippen LogP contribution in [0.4, 0.5) is 0 Å². The van der Waals surface area contributed by atoms with E-state index in [0.717, 1.165) is 22.6 Å². The Balaban J connectivity index is 1.49. The summed E-state index contributed by atoms with van der Waals surface area (Å²) in [7, 11) is 1.76. The maximum absolute atomic E-state index is 12.2. The van der Waals surface area contributed by atoms with Gasteiger partial charge in [0.1, 0.15) is 12.4 Å². The van der Waals surface area contributed by atoms with Crippen LogP contribution in [0, 0.1) is 6.92 Å². The third kappa shape index (κ3) is 4.32. The lowest BCUT2D eigenvalue weighted by atomic mass is 10.2. The highest BCUT2D eigenvalue weighted by atomic mass is 16.7. The highest BCUT2D eigenvalue weighted by Gasteiger charge is 2.12. The van der Waals surface area contributed by atoms with Crippen molar-refractivity contribution in [1.29, 1.82) is 0 Å². The lowest BCUT2D eigenvalue weighted by Gasteiger charge is -2.16. The Morgan fingerprint density at radius 1 is 1.20 bits per heavy atom. The lowest BCUT2D eigenvalue weighted by molar-refractivity contribution is -0.125. The van der Waals surface area contributed by atoms with Crippen LogP contribution in [0.2, 0.25) is 0 Å². The molecule has 2 aromatic carbocycles. The highest BCUT2D eigenvalue weighted by Crippen LogP contribution is 2.32. The first-order valence-electron chi connectivity index (χ1n) is 8.15. The largest absolute Gasteiger partial charge is 0.491 e. The van der Waals surface area contributed by atoms with Crippen molar-refractivity contribution in [3.8, 4) is 17.2 Å². The lowest BCUT2D eigenvalue weighted by Crippen LogP contribution is -2.29. The number of likely N-dealkylation sites (N-methyl/N-ethyl adjacent to an activating group) is 1. The summed E-state index contributed by atoms with van der Waals surface area (Å²) in [6, 6.07) is 13.4. The number of hydrogen-bond acceptors (Lipinski definition) is 4. The molecule has 0 fully saturated rings. The van der Waals surface area contributed by atoms with Crippen molar-refractivity contribution in [2.75, 3.05) is 27.0 Å². The zero-order chi connectivity index (χ0) is 17.6. The number of para-hydroxylation sites is 1. The van der Waals surface area contributed by atoms with E-state index in [1.807, 2.05) is 49.4 Å². The first kappa shape index (κ1) is 16.9. The summed E-state index contributed by atoms with van der Waals surface area (Å²) in [5.74, 6) is 2.20. The van der Waals surface area contributed by atoms with Gasteiger partial charge in [0.05, 0.1) is 6.54 Å². The first-order chi connectivity index (χ1) is 12.1. The van der Waals surface area contributed by atoms with Crippen molar-refractivity contribution in [2.24, 2.45) is 0 Å². The molecule has 0 bridgehead atoms. The summed E-state index contributed by atoms with van der Waals surface area (Å²) in [6.45, 7) is 3.20. The predicted molar refractivity (Wildman–Crippen MR) is 95.9 cm³/mol. The van der Waals surface area contributed by atoms with Crippen LogP contribution >= 0.6 is 0 Å². The summed E-state index contributed by atoms with van der Waals surface area (Å²) < 4.78 is 16.3. The van der Waals surface area contributed by atoms with Gasteiger partial charge in [0, 0.05) is 13.1 Å². The van der Waals surface area contributed by atoms with Gasteiger partial charge in [-0.15, -0.1) is 0 Å². The predicted octanol–water partition coefficient (Wildman–Crippen LogP) is 3.27. The second kappa shape index (κ2) is 7.75. The Morgan fingerprint density at radius 2 is 2.00 bits per heavy atom. The molecule has 3 rings (SSSR count). The Hall–Kier alpha value is -2.95. The molecular weight excluding hydrogens is 318 g/mol. The normalized spacial score (nSPS) is 12.4. The third-order valence-corrected chi connectivity index (χ3v) is 3.97. The molecule has 0 aromatic heterocycles. The third-order valence-electron chi connectivity index (χ3n) is 3.97. The van der Waals surface area contributed by atoms with E-state index in [-0.39, 0.29) is 12.7 Å². The van der Waals surface area contributed by atoms with E-state index in [0.29, 0.717) is 18.9 Å². The van der Waals surface area contributed by atoms with Crippen LogP contribution in [0.15, 0.2) is 48.5 Å². The zero-order valence-electron chi connectivity index (χ0n) is 14.4. The molecule has 1 aliphatic rings. The number of benzene rings is 2. The molecule has 0 saturated carbocycles. The molecule has 5 heteroatoms.